The quantitative estimate of drug-likeness (QED) is 0.774. The fourth-order valence-electron chi connectivity index (χ4n) is 3.05. The van der Waals surface area contributed by atoms with Crippen LogP contribution in [0.15, 0.2) is 0 Å². The molecule has 108 valence electrons. The number of amides is 1. The van der Waals surface area contributed by atoms with Crippen molar-refractivity contribution >= 4 is 11.9 Å². The van der Waals surface area contributed by atoms with Crippen LogP contribution in [0.3, 0.4) is 0 Å². The van der Waals surface area contributed by atoms with Crippen molar-refractivity contribution in [1.29, 1.82) is 0 Å². The Bertz CT molecular complexity index is 336. The molecule has 2 aliphatic rings. The summed E-state index contributed by atoms with van der Waals surface area (Å²) >= 11 is 0. The van der Waals surface area contributed by atoms with Crippen molar-refractivity contribution in [1.82, 2.24) is 4.90 Å². The molecule has 2 atom stereocenters. The van der Waals surface area contributed by atoms with E-state index < -0.39 is 12.1 Å². The van der Waals surface area contributed by atoms with Gasteiger partial charge in [0.05, 0.1) is 12.6 Å². The third-order valence-corrected chi connectivity index (χ3v) is 4.05. The normalized spacial score (nSPS) is 29.8. The lowest BCUT2D eigenvalue weighted by atomic mass is 9.98. The first kappa shape index (κ1) is 14.3. The molecule has 0 bridgehead atoms. The molecule has 1 amide bonds. The van der Waals surface area contributed by atoms with E-state index in [0.717, 1.165) is 25.7 Å². The van der Waals surface area contributed by atoms with Gasteiger partial charge in [-0.1, -0.05) is 25.7 Å². The van der Waals surface area contributed by atoms with Gasteiger partial charge in [0.1, 0.15) is 0 Å². The molecule has 1 unspecified atom stereocenters. The second-order valence-electron chi connectivity index (χ2n) is 5.71. The molecule has 1 heterocycles. The first-order chi connectivity index (χ1) is 9.08. The Hall–Kier alpha value is -1.10. The average molecular weight is 269 g/mol. The minimum atomic E-state index is -0.981. The number of nitrogens with zero attached hydrogens (tertiary/aromatic N) is 1. The Morgan fingerprint density at radius 2 is 1.74 bits per heavy atom. The van der Waals surface area contributed by atoms with Crippen molar-refractivity contribution < 1.29 is 19.4 Å². The smallest absolute Gasteiger partial charge is 0.334 e. The van der Waals surface area contributed by atoms with Crippen molar-refractivity contribution in [2.45, 2.75) is 57.7 Å². The van der Waals surface area contributed by atoms with Crippen LogP contribution in [0.5, 0.6) is 0 Å². The molecule has 0 aromatic carbocycles. The molecule has 5 nitrogen and oxygen atoms in total. The highest BCUT2D eigenvalue weighted by Crippen LogP contribution is 2.26. The van der Waals surface area contributed by atoms with Crippen LogP contribution >= 0.6 is 0 Å². The molecule has 1 N–H and O–H groups in total. The standard InChI is InChI=1S/C14H23NO4/c1-10-8-15(9-12(19-10)14(17)18)13(16)11-6-4-2-3-5-7-11/h10-12H,2-9H2,1H3,(H,17,18)/t10-,12?/m1/s1. The predicted molar refractivity (Wildman–Crippen MR) is 69.7 cm³/mol. The Morgan fingerprint density at radius 3 is 2.32 bits per heavy atom. The lowest BCUT2D eigenvalue weighted by Gasteiger charge is -2.36. The third kappa shape index (κ3) is 3.69. The molecule has 1 aliphatic heterocycles. The summed E-state index contributed by atoms with van der Waals surface area (Å²) in [6.45, 7) is 2.52. The molecule has 0 aromatic heterocycles. The van der Waals surface area contributed by atoms with Crippen LogP contribution in [-0.2, 0) is 14.3 Å². The zero-order valence-electron chi connectivity index (χ0n) is 11.5. The van der Waals surface area contributed by atoms with E-state index in [1.165, 1.54) is 12.8 Å². The average Bonchev–Trinajstić information content (AvgIpc) is 2.65. The molecular weight excluding hydrogens is 246 g/mol. The number of carbonyl (C=O) groups is 2. The Balaban J connectivity index is 1.98. The van der Waals surface area contributed by atoms with Crippen LogP contribution in [0, 0.1) is 5.92 Å². The summed E-state index contributed by atoms with van der Waals surface area (Å²) < 4.78 is 5.35. The zero-order valence-corrected chi connectivity index (χ0v) is 11.5. The number of aliphatic carboxylic acids is 1. The highest BCUT2D eigenvalue weighted by Gasteiger charge is 2.35. The number of hydrogen-bond acceptors (Lipinski definition) is 3. The highest BCUT2D eigenvalue weighted by molar-refractivity contribution is 5.80. The summed E-state index contributed by atoms with van der Waals surface area (Å²) in [6, 6.07) is 0. The SMILES string of the molecule is C[C@@H]1CN(C(=O)C2CCCCCC2)CC(C(=O)O)O1. The maximum Gasteiger partial charge on any atom is 0.334 e. The summed E-state index contributed by atoms with van der Waals surface area (Å²) in [5.74, 6) is -0.768. The van der Waals surface area contributed by atoms with Gasteiger partial charge in [-0.05, 0) is 19.8 Å². The minimum Gasteiger partial charge on any atom is -0.479 e. The van der Waals surface area contributed by atoms with Crippen molar-refractivity contribution in [2.24, 2.45) is 5.92 Å². The zero-order chi connectivity index (χ0) is 13.8. The highest BCUT2D eigenvalue weighted by atomic mass is 16.5. The van der Waals surface area contributed by atoms with E-state index in [1.54, 1.807) is 4.90 Å². The van der Waals surface area contributed by atoms with Gasteiger partial charge in [0, 0.05) is 12.5 Å². The van der Waals surface area contributed by atoms with E-state index >= 15 is 0 Å². The van der Waals surface area contributed by atoms with Gasteiger partial charge in [0.15, 0.2) is 6.10 Å². The maximum absolute atomic E-state index is 12.5. The molecule has 0 spiro atoms. The number of carboxylic acid groups (broad SMARTS) is 1. The van der Waals surface area contributed by atoms with Gasteiger partial charge < -0.3 is 14.7 Å². The first-order valence-corrected chi connectivity index (χ1v) is 7.25. The second-order valence-corrected chi connectivity index (χ2v) is 5.71. The van der Waals surface area contributed by atoms with E-state index in [4.69, 9.17) is 9.84 Å². The molecule has 1 aliphatic carbocycles. The van der Waals surface area contributed by atoms with Crippen molar-refractivity contribution in [3.8, 4) is 0 Å². The maximum atomic E-state index is 12.5. The van der Waals surface area contributed by atoms with Gasteiger partial charge in [-0.3, -0.25) is 4.79 Å². The number of ether oxygens (including phenoxy) is 1. The van der Waals surface area contributed by atoms with Gasteiger partial charge in [-0.2, -0.15) is 0 Å². The van der Waals surface area contributed by atoms with E-state index in [-0.39, 0.29) is 24.5 Å². The van der Waals surface area contributed by atoms with Crippen LogP contribution < -0.4 is 0 Å². The lowest BCUT2D eigenvalue weighted by molar-refractivity contribution is -0.168. The minimum absolute atomic E-state index is 0.0854. The van der Waals surface area contributed by atoms with Gasteiger partial charge >= 0.3 is 5.97 Å². The number of carboxylic acids is 1. The summed E-state index contributed by atoms with van der Waals surface area (Å²) in [7, 11) is 0. The van der Waals surface area contributed by atoms with E-state index in [9.17, 15) is 9.59 Å². The fraction of sp³-hybridized carbons (Fsp3) is 0.857. The van der Waals surface area contributed by atoms with Crippen molar-refractivity contribution in [2.75, 3.05) is 13.1 Å². The van der Waals surface area contributed by atoms with Crippen molar-refractivity contribution in [3.05, 3.63) is 0 Å². The molecule has 0 radical (unpaired) electrons. The molecule has 19 heavy (non-hydrogen) atoms. The number of morpholine rings is 1. The number of rotatable bonds is 2. The molecule has 2 fully saturated rings. The third-order valence-electron chi connectivity index (χ3n) is 4.05. The molecule has 1 saturated carbocycles. The Labute approximate surface area is 113 Å². The van der Waals surface area contributed by atoms with Crippen LogP contribution in [-0.4, -0.2) is 47.2 Å². The van der Waals surface area contributed by atoms with Crippen LogP contribution in [0.1, 0.15) is 45.4 Å². The van der Waals surface area contributed by atoms with Crippen LogP contribution in [0.25, 0.3) is 0 Å². The first-order valence-electron chi connectivity index (χ1n) is 7.25. The topological polar surface area (TPSA) is 66.8 Å². The van der Waals surface area contributed by atoms with Gasteiger partial charge in [0.2, 0.25) is 5.91 Å². The summed E-state index contributed by atoms with van der Waals surface area (Å²) in [6.07, 6.45) is 5.45. The lowest BCUT2D eigenvalue weighted by Crippen LogP contribution is -2.53. The van der Waals surface area contributed by atoms with E-state index in [0.29, 0.717) is 6.54 Å². The van der Waals surface area contributed by atoms with Crippen LogP contribution in [0.4, 0.5) is 0 Å². The number of hydrogen-bond donors (Lipinski definition) is 1. The Kier molecular flexibility index (Phi) is 4.80. The van der Waals surface area contributed by atoms with E-state index in [2.05, 4.69) is 0 Å². The Morgan fingerprint density at radius 1 is 1.11 bits per heavy atom. The second kappa shape index (κ2) is 6.37. The monoisotopic (exact) mass is 269 g/mol. The number of carbonyl (C=O) groups excluding carboxylic acids is 1. The molecule has 1 saturated heterocycles. The fourth-order valence-corrected chi connectivity index (χ4v) is 3.05. The molecule has 5 heteroatoms. The molecular formula is C14H23NO4. The van der Waals surface area contributed by atoms with Gasteiger partial charge in [-0.25, -0.2) is 4.79 Å². The largest absolute Gasteiger partial charge is 0.479 e. The summed E-state index contributed by atoms with van der Waals surface area (Å²) in [5.41, 5.74) is 0. The summed E-state index contributed by atoms with van der Waals surface area (Å²) in [5, 5.41) is 9.05. The van der Waals surface area contributed by atoms with E-state index in [1.807, 2.05) is 6.92 Å². The molecule has 0 aromatic rings. The van der Waals surface area contributed by atoms with Gasteiger partial charge in [0.25, 0.3) is 0 Å². The van der Waals surface area contributed by atoms with Gasteiger partial charge in [-0.15, -0.1) is 0 Å². The summed E-state index contributed by atoms with van der Waals surface area (Å²) in [4.78, 5) is 25.2. The molecule has 2 rings (SSSR count). The van der Waals surface area contributed by atoms with Crippen molar-refractivity contribution in [3.63, 3.8) is 0 Å². The van der Waals surface area contributed by atoms with Crippen LogP contribution in [0.2, 0.25) is 0 Å². The predicted octanol–water partition coefficient (Wildman–Crippen LogP) is 1.66.